The van der Waals surface area contributed by atoms with Gasteiger partial charge in [0.1, 0.15) is 5.82 Å². The normalized spacial score (nSPS) is 10.7. The first kappa shape index (κ1) is 11.6. The van der Waals surface area contributed by atoms with Gasteiger partial charge in [0, 0.05) is 12.5 Å². The van der Waals surface area contributed by atoms with Crippen LogP contribution in [0.15, 0.2) is 12.1 Å². The molecule has 0 radical (unpaired) electrons. The molecule has 1 N–H and O–H groups in total. The smallest absolute Gasteiger partial charge is 0.168 e. The molecule has 0 spiro atoms. The standard InChI is InChI=1S/C11H12F2O2/c1-6(2)3-10(14)8-4-7(12)5-9(13)11(8)15/h4-6,15H,3H2,1-2H3. The van der Waals surface area contributed by atoms with Gasteiger partial charge >= 0.3 is 0 Å². The largest absolute Gasteiger partial charge is 0.504 e. The SMILES string of the molecule is CC(C)CC(=O)c1cc(F)cc(F)c1O. The van der Waals surface area contributed by atoms with Gasteiger partial charge in [0.2, 0.25) is 0 Å². The molecule has 0 saturated heterocycles. The minimum Gasteiger partial charge on any atom is -0.504 e. The summed E-state index contributed by atoms with van der Waals surface area (Å²) in [7, 11) is 0. The summed E-state index contributed by atoms with van der Waals surface area (Å²) in [5, 5.41) is 9.24. The minimum absolute atomic E-state index is 0.0724. The van der Waals surface area contributed by atoms with Crippen LogP contribution in [0.25, 0.3) is 0 Å². The van der Waals surface area contributed by atoms with E-state index in [-0.39, 0.29) is 17.9 Å². The van der Waals surface area contributed by atoms with Crippen LogP contribution in [0.5, 0.6) is 5.75 Å². The van der Waals surface area contributed by atoms with Crippen LogP contribution in [0.4, 0.5) is 8.78 Å². The predicted molar refractivity (Wildman–Crippen MR) is 51.8 cm³/mol. The van der Waals surface area contributed by atoms with Crippen LogP contribution < -0.4 is 0 Å². The van der Waals surface area contributed by atoms with Gasteiger partial charge in [-0.15, -0.1) is 0 Å². The van der Waals surface area contributed by atoms with Crippen LogP contribution in [0.3, 0.4) is 0 Å². The fourth-order valence-electron chi connectivity index (χ4n) is 1.26. The van der Waals surface area contributed by atoms with Crippen molar-refractivity contribution in [2.75, 3.05) is 0 Å². The molecule has 0 atom stereocenters. The number of halogens is 2. The Morgan fingerprint density at radius 3 is 2.53 bits per heavy atom. The highest BCUT2D eigenvalue weighted by molar-refractivity contribution is 5.98. The van der Waals surface area contributed by atoms with Gasteiger partial charge in [-0.05, 0) is 12.0 Å². The molecule has 1 aromatic carbocycles. The molecule has 0 amide bonds. The number of phenolic OH excluding ortho intramolecular Hbond substituents is 1. The van der Waals surface area contributed by atoms with Gasteiger partial charge in [-0.25, -0.2) is 8.78 Å². The van der Waals surface area contributed by atoms with Gasteiger partial charge in [-0.3, -0.25) is 4.79 Å². The van der Waals surface area contributed by atoms with E-state index in [0.29, 0.717) is 6.07 Å². The zero-order valence-corrected chi connectivity index (χ0v) is 8.55. The second-order valence-corrected chi connectivity index (χ2v) is 3.80. The third kappa shape index (κ3) is 2.75. The Bertz CT molecular complexity index is 386. The Hall–Kier alpha value is -1.45. The predicted octanol–water partition coefficient (Wildman–Crippen LogP) is 2.90. The van der Waals surface area contributed by atoms with Crippen LogP contribution in [0, 0.1) is 17.6 Å². The van der Waals surface area contributed by atoms with Gasteiger partial charge in [0.05, 0.1) is 5.56 Å². The fourth-order valence-corrected chi connectivity index (χ4v) is 1.26. The third-order valence-corrected chi connectivity index (χ3v) is 1.92. The van der Waals surface area contributed by atoms with Crippen molar-refractivity contribution in [3.05, 3.63) is 29.3 Å². The Balaban J connectivity index is 3.08. The number of carbonyl (C=O) groups excluding carboxylic acids is 1. The van der Waals surface area contributed by atoms with Crippen LogP contribution in [0.1, 0.15) is 30.6 Å². The number of hydrogen-bond donors (Lipinski definition) is 1. The van der Waals surface area contributed by atoms with E-state index in [9.17, 15) is 18.7 Å². The van der Waals surface area contributed by atoms with Crippen molar-refractivity contribution in [3.63, 3.8) is 0 Å². The zero-order valence-electron chi connectivity index (χ0n) is 8.55. The maximum Gasteiger partial charge on any atom is 0.168 e. The van der Waals surface area contributed by atoms with Crippen molar-refractivity contribution in [2.24, 2.45) is 5.92 Å². The number of aromatic hydroxyl groups is 1. The van der Waals surface area contributed by atoms with Gasteiger partial charge in [0.25, 0.3) is 0 Å². The number of carbonyl (C=O) groups is 1. The number of ketones is 1. The van der Waals surface area contributed by atoms with Crippen LogP contribution in [-0.4, -0.2) is 10.9 Å². The zero-order chi connectivity index (χ0) is 11.6. The minimum atomic E-state index is -1.11. The molecule has 0 aromatic heterocycles. The first-order valence-corrected chi connectivity index (χ1v) is 4.63. The molecule has 2 nitrogen and oxygen atoms in total. The molecular formula is C11H12F2O2. The molecule has 82 valence electrons. The van der Waals surface area contributed by atoms with E-state index in [1.54, 1.807) is 0 Å². The van der Waals surface area contributed by atoms with E-state index in [1.807, 2.05) is 13.8 Å². The Kier molecular flexibility index (Phi) is 3.39. The lowest BCUT2D eigenvalue weighted by atomic mass is 10.0. The fraction of sp³-hybridized carbons (Fsp3) is 0.364. The number of benzene rings is 1. The summed E-state index contributed by atoms with van der Waals surface area (Å²) in [6.07, 6.45) is 0.149. The third-order valence-electron chi connectivity index (χ3n) is 1.92. The highest BCUT2D eigenvalue weighted by Crippen LogP contribution is 2.24. The van der Waals surface area contributed by atoms with Crippen molar-refractivity contribution >= 4 is 5.78 Å². The van der Waals surface area contributed by atoms with E-state index < -0.39 is 23.2 Å². The molecule has 0 fully saturated rings. The summed E-state index contributed by atoms with van der Waals surface area (Å²) in [4.78, 5) is 11.5. The Morgan fingerprint density at radius 1 is 1.40 bits per heavy atom. The average molecular weight is 214 g/mol. The molecular weight excluding hydrogens is 202 g/mol. The molecule has 4 heteroatoms. The Morgan fingerprint density at radius 2 is 2.00 bits per heavy atom. The summed E-state index contributed by atoms with van der Waals surface area (Å²) in [6.45, 7) is 3.62. The molecule has 0 aliphatic rings. The number of Topliss-reactive ketones (excluding diaryl/α,β-unsaturated/α-hetero) is 1. The number of hydrogen-bond acceptors (Lipinski definition) is 2. The molecule has 0 unspecified atom stereocenters. The lowest BCUT2D eigenvalue weighted by Crippen LogP contribution is -2.05. The lowest BCUT2D eigenvalue weighted by molar-refractivity contribution is 0.0964. The Labute approximate surface area is 86.5 Å². The number of rotatable bonds is 3. The van der Waals surface area contributed by atoms with E-state index in [0.717, 1.165) is 6.07 Å². The van der Waals surface area contributed by atoms with E-state index >= 15 is 0 Å². The van der Waals surface area contributed by atoms with Crippen molar-refractivity contribution in [2.45, 2.75) is 20.3 Å². The second kappa shape index (κ2) is 4.38. The maximum absolute atomic E-state index is 12.9. The van der Waals surface area contributed by atoms with Crippen LogP contribution >= 0.6 is 0 Å². The van der Waals surface area contributed by atoms with E-state index in [2.05, 4.69) is 0 Å². The molecule has 1 rings (SSSR count). The maximum atomic E-state index is 12.9. The summed E-state index contributed by atoms with van der Waals surface area (Å²) in [5.74, 6) is -3.13. The molecule has 15 heavy (non-hydrogen) atoms. The molecule has 0 bridgehead atoms. The topological polar surface area (TPSA) is 37.3 Å². The van der Waals surface area contributed by atoms with E-state index in [1.165, 1.54) is 0 Å². The molecule has 0 saturated carbocycles. The lowest BCUT2D eigenvalue weighted by Gasteiger charge is -2.06. The number of phenols is 1. The van der Waals surface area contributed by atoms with Gasteiger partial charge in [0.15, 0.2) is 17.3 Å². The summed E-state index contributed by atoms with van der Waals surface area (Å²) in [6, 6.07) is 1.39. The molecule has 0 heterocycles. The summed E-state index contributed by atoms with van der Waals surface area (Å²) in [5.41, 5.74) is -0.291. The van der Waals surface area contributed by atoms with Gasteiger partial charge < -0.3 is 5.11 Å². The van der Waals surface area contributed by atoms with Crippen LogP contribution in [0.2, 0.25) is 0 Å². The molecule has 0 aliphatic heterocycles. The van der Waals surface area contributed by atoms with E-state index in [4.69, 9.17) is 0 Å². The first-order chi connectivity index (χ1) is 6.91. The van der Waals surface area contributed by atoms with Crippen molar-refractivity contribution in [1.82, 2.24) is 0 Å². The van der Waals surface area contributed by atoms with Crippen LogP contribution in [-0.2, 0) is 0 Å². The second-order valence-electron chi connectivity index (χ2n) is 3.80. The van der Waals surface area contributed by atoms with Gasteiger partial charge in [-0.1, -0.05) is 13.8 Å². The molecule has 1 aromatic rings. The van der Waals surface area contributed by atoms with Crippen molar-refractivity contribution in [1.29, 1.82) is 0 Å². The first-order valence-electron chi connectivity index (χ1n) is 4.63. The highest BCUT2D eigenvalue weighted by Gasteiger charge is 2.17. The monoisotopic (exact) mass is 214 g/mol. The summed E-state index contributed by atoms with van der Waals surface area (Å²) < 4.78 is 25.7. The molecule has 0 aliphatic carbocycles. The van der Waals surface area contributed by atoms with Gasteiger partial charge in [-0.2, -0.15) is 0 Å². The summed E-state index contributed by atoms with van der Waals surface area (Å²) >= 11 is 0. The van der Waals surface area contributed by atoms with Crippen molar-refractivity contribution < 1.29 is 18.7 Å². The quantitative estimate of drug-likeness (QED) is 0.785. The average Bonchev–Trinajstić information content (AvgIpc) is 2.09. The van der Waals surface area contributed by atoms with Crippen molar-refractivity contribution in [3.8, 4) is 5.75 Å². The highest BCUT2D eigenvalue weighted by atomic mass is 19.1.